The minimum absolute atomic E-state index is 0. The van der Waals surface area contributed by atoms with Crippen LogP contribution < -0.4 is 5.19 Å². The van der Waals surface area contributed by atoms with Crippen molar-refractivity contribution in [2.75, 3.05) is 0 Å². The van der Waals surface area contributed by atoms with Gasteiger partial charge in [0.05, 0.1) is 13.7 Å². The topological polar surface area (TPSA) is 51.8 Å². The Kier molecular flexibility index (Phi) is 10.3. The van der Waals surface area contributed by atoms with Crippen LogP contribution >= 0.6 is 0 Å². The Morgan fingerprint density at radius 1 is 0.860 bits per heavy atom. The van der Waals surface area contributed by atoms with Crippen molar-refractivity contribution in [1.82, 2.24) is 15.0 Å². The average Bonchev–Trinajstić information content (AvgIpc) is 3.44. The minimum atomic E-state index is -1.42. The van der Waals surface area contributed by atoms with E-state index in [0.717, 1.165) is 63.8 Å². The Labute approximate surface area is 311 Å². The van der Waals surface area contributed by atoms with E-state index in [2.05, 4.69) is 129 Å². The molecule has 0 amide bonds. The van der Waals surface area contributed by atoms with Crippen molar-refractivity contribution in [2.45, 2.75) is 79.4 Å². The fourth-order valence-electron chi connectivity index (χ4n) is 7.08. The van der Waals surface area contributed by atoms with E-state index in [9.17, 15) is 0 Å². The first-order valence-corrected chi connectivity index (χ1v) is 21.0. The van der Waals surface area contributed by atoms with Gasteiger partial charge in [-0.25, -0.2) is 4.98 Å². The minimum Gasteiger partial charge on any atom is -0.486 e. The number of fused-ring (bicyclic) bond motifs is 5. The van der Waals surface area contributed by atoms with Gasteiger partial charge in [-0.1, -0.05) is 104 Å². The smallest absolute Gasteiger partial charge is 0.216 e. The molecule has 0 spiro atoms. The van der Waals surface area contributed by atoms with Gasteiger partial charge in [0.2, 0.25) is 5.71 Å². The molecule has 0 unspecified atom stereocenters. The number of nitrogens with zero attached hydrogens (tertiary/aromatic N) is 3. The molecule has 3 aromatic carbocycles. The predicted molar refractivity (Wildman–Crippen MR) is 207 cm³/mol. The quantitative estimate of drug-likeness (QED) is 0.131. The summed E-state index contributed by atoms with van der Waals surface area (Å²) in [6, 6.07) is 32.1. The SMILES string of the molecule is CC(C)(C)Cc1cc(-c2[c-]cc3ccccc3c2)ncc1[Si](C)(C)C.Cc1ccc2c(n1)oc1c(-c3nccc4c3CCCC4)[c-]ccc12.[Ir]. The van der Waals surface area contributed by atoms with E-state index in [1.54, 1.807) is 0 Å². The van der Waals surface area contributed by atoms with Crippen molar-refractivity contribution in [1.29, 1.82) is 0 Å². The largest absolute Gasteiger partial charge is 0.486 e. The monoisotopic (exact) mass is 852 g/mol. The molecule has 6 heteroatoms. The Hall–Kier alpha value is -3.96. The molecule has 1 aliphatic rings. The Morgan fingerprint density at radius 3 is 2.42 bits per heavy atom. The third-order valence-electron chi connectivity index (χ3n) is 9.42. The van der Waals surface area contributed by atoms with Crippen LogP contribution in [0.15, 0.2) is 89.6 Å². The van der Waals surface area contributed by atoms with Crippen molar-refractivity contribution < 1.29 is 24.5 Å². The number of hydrogen-bond acceptors (Lipinski definition) is 4. The summed E-state index contributed by atoms with van der Waals surface area (Å²) in [5, 5.41) is 6.08. The van der Waals surface area contributed by atoms with Gasteiger partial charge in [-0.15, -0.1) is 47.3 Å². The van der Waals surface area contributed by atoms with E-state index < -0.39 is 8.07 Å². The van der Waals surface area contributed by atoms with Gasteiger partial charge in [-0.2, -0.15) is 0 Å². The molecule has 1 aliphatic carbocycles. The van der Waals surface area contributed by atoms with Crippen LogP contribution in [0.25, 0.3) is 55.4 Å². The first kappa shape index (κ1) is 35.8. The van der Waals surface area contributed by atoms with Crippen LogP contribution in [0, 0.1) is 24.5 Å². The van der Waals surface area contributed by atoms with E-state index in [4.69, 9.17) is 9.40 Å². The Morgan fingerprint density at radius 2 is 1.64 bits per heavy atom. The fourth-order valence-corrected chi connectivity index (χ4v) is 8.66. The third-order valence-corrected chi connectivity index (χ3v) is 11.5. The molecule has 0 bridgehead atoms. The van der Waals surface area contributed by atoms with E-state index in [1.807, 2.05) is 25.3 Å². The molecular weight excluding hydrogens is 807 g/mol. The number of rotatable bonds is 4. The molecule has 4 heterocycles. The van der Waals surface area contributed by atoms with Gasteiger partial charge < -0.3 is 14.4 Å². The van der Waals surface area contributed by atoms with Gasteiger partial charge in [0.15, 0.2) is 0 Å². The summed E-state index contributed by atoms with van der Waals surface area (Å²) in [6.07, 6.45) is 9.83. The maximum absolute atomic E-state index is 6.13. The molecule has 50 heavy (non-hydrogen) atoms. The summed E-state index contributed by atoms with van der Waals surface area (Å²) in [6.45, 7) is 16.1. The van der Waals surface area contributed by atoms with E-state index in [1.165, 1.54) is 45.5 Å². The first-order chi connectivity index (χ1) is 23.4. The van der Waals surface area contributed by atoms with Crippen LogP contribution in [0.5, 0.6) is 0 Å². The number of aryl methyl sites for hydroxylation is 2. The number of aromatic nitrogens is 3. The van der Waals surface area contributed by atoms with Crippen molar-refractivity contribution in [3.63, 3.8) is 0 Å². The molecule has 7 aromatic rings. The van der Waals surface area contributed by atoms with Gasteiger partial charge in [0.25, 0.3) is 0 Å². The third kappa shape index (κ3) is 7.54. The second-order valence-electron chi connectivity index (χ2n) is 15.7. The van der Waals surface area contributed by atoms with Crippen LogP contribution in [-0.4, -0.2) is 23.0 Å². The maximum Gasteiger partial charge on any atom is 0.216 e. The number of benzene rings is 3. The van der Waals surface area contributed by atoms with Crippen molar-refractivity contribution in [3.8, 4) is 22.5 Å². The van der Waals surface area contributed by atoms with E-state index in [0.29, 0.717) is 5.71 Å². The standard InChI is InChI=1S/C23H28NSi.C21H17N2O.Ir/c1-23(2,3)15-20-14-21(24-16-22(20)25(4,5)6)19-12-11-17-9-7-8-10-18(17)13-19;1-13-9-10-17-16-7-4-8-18(20(16)24-21(17)23-13)19-15-6-3-2-5-14(15)11-12-22-19;/h7-11,13-14,16H,15H2,1-6H3;4,7,9-12H,2-3,5-6H2,1H3;/q2*-1;. The summed E-state index contributed by atoms with van der Waals surface area (Å²) >= 11 is 0. The van der Waals surface area contributed by atoms with E-state index in [-0.39, 0.29) is 25.5 Å². The molecule has 0 atom stereocenters. The summed E-state index contributed by atoms with van der Waals surface area (Å²) in [4.78, 5) is 14.0. The summed E-state index contributed by atoms with van der Waals surface area (Å²) in [5.74, 6) is 0. The van der Waals surface area contributed by atoms with Crippen LogP contribution in [0.3, 0.4) is 0 Å². The Bertz CT molecular complexity index is 2310. The first-order valence-electron chi connectivity index (χ1n) is 17.5. The molecule has 257 valence electrons. The fraction of sp³-hybridized carbons (Fsp3) is 0.295. The normalized spacial score (nSPS) is 13.1. The summed E-state index contributed by atoms with van der Waals surface area (Å²) < 4.78 is 6.13. The van der Waals surface area contributed by atoms with Crippen molar-refractivity contribution >= 4 is 46.1 Å². The molecule has 8 rings (SSSR count). The zero-order valence-electron chi connectivity index (χ0n) is 30.2. The number of furan rings is 1. The van der Waals surface area contributed by atoms with Gasteiger partial charge in [-0.05, 0) is 79.2 Å². The van der Waals surface area contributed by atoms with Crippen molar-refractivity contribution in [3.05, 3.63) is 120 Å². The van der Waals surface area contributed by atoms with Gasteiger partial charge in [0.1, 0.15) is 0 Å². The predicted octanol–water partition coefficient (Wildman–Crippen LogP) is 10.9. The van der Waals surface area contributed by atoms with Crippen LogP contribution in [0.4, 0.5) is 0 Å². The maximum atomic E-state index is 6.13. The molecule has 0 saturated heterocycles. The molecule has 0 N–H and O–H groups in total. The molecule has 0 fully saturated rings. The van der Waals surface area contributed by atoms with Crippen LogP contribution in [-0.2, 0) is 39.4 Å². The van der Waals surface area contributed by atoms with Crippen molar-refractivity contribution in [2.24, 2.45) is 5.41 Å². The molecule has 0 aliphatic heterocycles. The zero-order valence-corrected chi connectivity index (χ0v) is 33.6. The molecule has 4 nitrogen and oxygen atoms in total. The van der Waals surface area contributed by atoms with E-state index >= 15 is 0 Å². The summed E-state index contributed by atoms with van der Waals surface area (Å²) in [7, 11) is -1.42. The van der Waals surface area contributed by atoms with Gasteiger partial charge >= 0.3 is 0 Å². The molecular formula is C44H45IrN3OSi-2. The molecule has 0 saturated carbocycles. The number of pyridine rings is 3. The summed E-state index contributed by atoms with van der Waals surface area (Å²) in [5.41, 5.74) is 11.1. The number of hydrogen-bond donors (Lipinski definition) is 0. The second-order valence-corrected chi connectivity index (χ2v) is 20.7. The second kappa shape index (κ2) is 14.3. The van der Waals surface area contributed by atoms with Crippen LogP contribution in [0.1, 0.15) is 56.0 Å². The Balaban J connectivity index is 0.000000169. The molecule has 1 radical (unpaired) electrons. The molecule has 4 aromatic heterocycles. The van der Waals surface area contributed by atoms with Crippen LogP contribution in [0.2, 0.25) is 19.6 Å². The zero-order chi connectivity index (χ0) is 34.3. The van der Waals surface area contributed by atoms with Gasteiger partial charge in [-0.3, -0.25) is 0 Å². The average molecular weight is 852 g/mol. The van der Waals surface area contributed by atoms with Gasteiger partial charge in [0, 0.05) is 43.6 Å².